The van der Waals surface area contributed by atoms with Gasteiger partial charge in [-0.25, -0.2) is 4.39 Å². The van der Waals surface area contributed by atoms with Crippen LogP contribution in [0.4, 0.5) is 4.39 Å². The van der Waals surface area contributed by atoms with Gasteiger partial charge in [0.05, 0.1) is 12.2 Å². The van der Waals surface area contributed by atoms with Gasteiger partial charge in [0.25, 0.3) is 11.8 Å². The fourth-order valence-electron chi connectivity index (χ4n) is 4.50. The second kappa shape index (κ2) is 13.9. The molecule has 2 aliphatic rings. The number of nitrogens with one attached hydrogen (secondary N) is 3. The molecule has 4 rings (SSSR count). The zero-order chi connectivity index (χ0) is 26.7. The first-order valence-electron chi connectivity index (χ1n) is 12.9. The first-order valence-corrected chi connectivity index (χ1v) is 12.9. The van der Waals surface area contributed by atoms with E-state index in [2.05, 4.69) is 16.0 Å². The summed E-state index contributed by atoms with van der Waals surface area (Å²) in [4.78, 5) is 24.7. The number of hydrogen-bond acceptors (Lipinski definition) is 6. The number of fused-ring (bicyclic) bond motifs is 1. The maximum absolute atomic E-state index is 14.6. The first-order chi connectivity index (χ1) is 17.8. The van der Waals surface area contributed by atoms with E-state index in [1.165, 1.54) is 0 Å². The normalized spacial score (nSPS) is 20.1. The molecule has 1 fully saturated rings. The SMILES string of the molecule is CNC(=O)c1cc(C(=O)NCCCC2(F)CCCNC2)cc2c1OC(C)C2.OCCOc1ccccc1. The molecule has 0 aliphatic carbocycles. The molecule has 202 valence electrons. The number of aliphatic hydroxyl groups is 1. The Morgan fingerprint density at radius 2 is 2.03 bits per heavy atom. The second-order valence-corrected chi connectivity index (χ2v) is 9.40. The number of alkyl halides is 1. The van der Waals surface area contributed by atoms with Crippen LogP contribution in [0.3, 0.4) is 0 Å². The van der Waals surface area contributed by atoms with Gasteiger partial charge >= 0.3 is 0 Å². The van der Waals surface area contributed by atoms with Crippen LogP contribution in [0.15, 0.2) is 42.5 Å². The van der Waals surface area contributed by atoms with Crippen molar-refractivity contribution in [3.8, 4) is 11.5 Å². The van der Waals surface area contributed by atoms with E-state index < -0.39 is 5.67 Å². The predicted octanol–water partition coefficient (Wildman–Crippen LogP) is 3.03. The smallest absolute Gasteiger partial charge is 0.254 e. The Labute approximate surface area is 217 Å². The third-order valence-electron chi connectivity index (χ3n) is 6.34. The van der Waals surface area contributed by atoms with Gasteiger partial charge in [0.1, 0.15) is 29.9 Å². The van der Waals surface area contributed by atoms with Crippen molar-refractivity contribution in [3.63, 3.8) is 0 Å². The summed E-state index contributed by atoms with van der Waals surface area (Å²) >= 11 is 0. The van der Waals surface area contributed by atoms with Crippen LogP contribution in [0.2, 0.25) is 0 Å². The number of piperidine rings is 1. The van der Waals surface area contributed by atoms with Crippen LogP contribution in [-0.4, -0.2) is 68.6 Å². The number of hydrogen-bond donors (Lipinski definition) is 4. The fraction of sp³-hybridized carbons (Fsp3) is 0.500. The lowest BCUT2D eigenvalue weighted by molar-refractivity contribution is 0.0929. The summed E-state index contributed by atoms with van der Waals surface area (Å²) in [5, 5.41) is 16.9. The number of amides is 2. The highest BCUT2D eigenvalue weighted by molar-refractivity contribution is 6.02. The molecule has 0 bridgehead atoms. The van der Waals surface area contributed by atoms with Gasteiger partial charge < -0.3 is 30.5 Å². The van der Waals surface area contributed by atoms with E-state index in [0.29, 0.717) is 62.3 Å². The first kappa shape index (κ1) is 28.4. The van der Waals surface area contributed by atoms with Crippen molar-refractivity contribution in [1.29, 1.82) is 0 Å². The Kier molecular flexibility index (Phi) is 10.7. The van der Waals surface area contributed by atoms with Crippen molar-refractivity contribution in [2.75, 3.05) is 39.9 Å². The van der Waals surface area contributed by atoms with Crippen molar-refractivity contribution >= 4 is 11.8 Å². The Morgan fingerprint density at radius 3 is 2.70 bits per heavy atom. The van der Waals surface area contributed by atoms with E-state index in [-0.39, 0.29) is 24.5 Å². The van der Waals surface area contributed by atoms with Gasteiger partial charge in [-0.2, -0.15) is 0 Å². The van der Waals surface area contributed by atoms with Gasteiger partial charge in [-0.3, -0.25) is 9.59 Å². The van der Waals surface area contributed by atoms with E-state index in [9.17, 15) is 14.0 Å². The molecule has 4 N–H and O–H groups in total. The van der Waals surface area contributed by atoms with Crippen molar-refractivity contribution < 1.29 is 28.6 Å². The van der Waals surface area contributed by atoms with Crippen LogP contribution in [-0.2, 0) is 6.42 Å². The van der Waals surface area contributed by atoms with Gasteiger partial charge in [0.15, 0.2) is 0 Å². The summed E-state index contributed by atoms with van der Waals surface area (Å²) < 4.78 is 25.4. The second-order valence-electron chi connectivity index (χ2n) is 9.40. The van der Waals surface area contributed by atoms with Crippen molar-refractivity contribution in [2.45, 2.75) is 50.8 Å². The third-order valence-corrected chi connectivity index (χ3v) is 6.34. The Balaban J connectivity index is 0.000000319. The number of halogens is 1. The molecule has 2 unspecified atom stereocenters. The van der Waals surface area contributed by atoms with Crippen molar-refractivity contribution in [1.82, 2.24) is 16.0 Å². The lowest BCUT2D eigenvalue weighted by atomic mass is 9.91. The number of ether oxygens (including phenoxy) is 2. The van der Waals surface area contributed by atoms with Crippen LogP contribution in [0.1, 0.15) is 58.9 Å². The molecule has 37 heavy (non-hydrogen) atoms. The average Bonchev–Trinajstić information content (AvgIpc) is 3.30. The third kappa shape index (κ3) is 8.43. The van der Waals surface area contributed by atoms with E-state index >= 15 is 0 Å². The highest BCUT2D eigenvalue weighted by atomic mass is 19.1. The van der Waals surface area contributed by atoms with Crippen LogP contribution in [0.25, 0.3) is 0 Å². The van der Waals surface area contributed by atoms with Crippen molar-refractivity contribution in [3.05, 3.63) is 59.2 Å². The minimum absolute atomic E-state index is 0.0217. The molecule has 8 nitrogen and oxygen atoms in total. The summed E-state index contributed by atoms with van der Waals surface area (Å²) in [5.41, 5.74) is 0.501. The number of rotatable bonds is 9. The van der Waals surface area contributed by atoms with Crippen LogP contribution in [0, 0.1) is 0 Å². The quantitative estimate of drug-likeness (QED) is 0.383. The molecule has 1 saturated heterocycles. The number of aliphatic hydroxyl groups excluding tert-OH is 1. The lowest BCUT2D eigenvalue weighted by Crippen LogP contribution is -2.42. The maximum atomic E-state index is 14.6. The van der Waals surface area contributed by atoms with Crippen LogP contribution < -0.4 is 25.4 Å². The highest BCUT2D eigenvalue weighted by Gasteiger charge is 2.31. The topological polar surface area (TPSA) is 109 Å². The molecular weight excluding hydrogens is 477 g/mol. The molecule has 2 aliphatic heterocycles. The largest absolute Gasteiger partial charge is 0.491 e. The molecule has 9 heteroatoms. The minimum Gasteiger partial charge on any atom is -0.491 e. The fourth-order valence-corrected chi connectivity index (χ4v) is 4.50. The molecule has 2 atom stereocenters. The lowest BCUT2D eigenvalue weighted by Gasteiger charge is -2.30. The monoisotopic (exact) mass is 515 g/mol. The Hall–Kier alpha value is -3.17. The zero-order valence-electron chi connectivity index (χ0n) is 21.6. The summed E-state index contributed by atoms with van der Waals surface area (Å²) in [7, 11) is 1.55. The van der Waals surface area contributed by atoms with Gasteiger partial charge in [-0.15, -0.1) is 0 Å². The van der Waals surface area contributed by atoms with E-state index in [1.807, 2.05) is 37.3 Å². The molecule has 2 heterocycles. The highest BCUT2D eigenvalue weighted by Crippen LogP contribution is 2.34. The molecule has 0 spiro atoms. The van der Waals surface area contributed by atoms with E-state index in [0.717, 1.165) is 24.3 Å². The molecule has 2 amide bonds. The summed E-state index contributed by atoms with van der Waals surface area (Å²) in [5.74, 6) is 0.829. The van der Waals surface area contributed by atoms with E-state index in [4.69, 9.17) is 14.6 Å². The molecule has 0 radical (unpaired) electrons. The van der Waals surface area contributed by atoms with Crippen LogP contribution >= 0.6 is 0 Å². The average molecular weight is 516 g/mol. The van der Waals surface area contributed by atoms with Gasteiger partial charge in [0, 0.05) is 32.1 Å². The predicted molar refractivity (Wildman–Crippen MR) is 140 cm³/mol. The molecule has 0 saturated carbocycles. The Bertz CT molecular complexity index is 1030. The molecule has 0 aromatic heterocycles. The minimum atomic E-state index is -1.17. The maximum Gasteiger partial charge on any atom is 0.254 e. The van der Waals surface area contributed by atoms with Crippen LogP contribution in [0.5, 0.6) is 11.5 Å². The number of benzene rings is 2. The van der Waals surface area contributed by atoms with E-state index in [1.54, 1.807) is 19.2 Å². The van der Waals surface area contributed by atoms with Crippen molar-refractivity contribution in [2.24, 2.45) is 0 Å². The number of carbonyl (C=O) groups is 2. The van der Waals surface area contributed by atoms with Gasteiger partial charge in [-0.1, -0.05) is 18.2 Å². The van der Waals surface area contributed by atoms with Gasteiger partial charge in [0.2, 0.25) is 0 Å². The molecule has 2 aromatic rings. The summed E-state index contributed by atoms with van der Waals surface area (Å²) in [6.45, 7) is 4.03. The number of para-hydroxylation sites is 1. The number of carbonyl (C=O) groups excluding carboxylic acids is 2. The summed E-state index contributed by atoms with van der Waals surface area (Å²) in [6.07, 6.45) is 3.08. The molecular formula is C28H38FN3O5. The summed E-state index contributed by atoms with van der Waals surface area (Å²) in [6, 6.07) is 12.8. The Morgan fingerprint density at radius 1 is 1.24 bits per heavy atom. The molecule has 2 aromatic carbocycles. The van der Waals surface area contributed by atoms with Gasteiger partial charge in [-0.05, 0) is 69.0 Å². The zero-order valence-corrected chi connectivity index (χ0v) is 21.6. The standard InChI is InChI=1S/C20H28FN3O3.C8H10O2/c1-13-9-14-10-15(11-16(17(14)27-13)19(26)22-2)18(25)24-8-4-6-20(21)5-3-7-23-12-20;9-6-7-10-8-4-2-1-3-5-8/h10-11,13,23H,3-9,12H2,1-2H3,(H,22,26)(H,24,25);1-5,9H,6-7H2.